The smallest absolute Gasteiger partial charge is 0.262 e. The lowest BCUT2D eigenvalue weighted by atomic mass is 9.96. The fraction of sp³-hybridized carbons (Fsp3) is 0.111. The SMILES string of the molecule is O=C(/C=C\c1cccnc1)NCCCN1C(=O)C(c2ccccc2)=C(c2ccccc2)C1=O. The highest BCUT2D eigenvalue weighted by atomic mass is 16.2. The van der Waals surface area contributed by atoms with Crippen LogP contribution in [0.15, 0.2) is 91.3 Å². The minimum atomic E-state index is -0.312. The maximum atomic E-state index is 13.2. The number of carbonyl (C=O) groups excluding carboxylic acids is 3. The molecule has 3 amide bonds. The van der Waals surface area contributed by atoms with E-state index in [4.69, 9.17) is 0 Å². The second-order valence-electron chi connectivity index (χ2n) is 7.51. The van der Waals surface area contributed by atoms with E-state index in [9.17, 15) is 14.4 Å². The van der Waals surface area contributed by atoms with Crippen LogP contribution in [0.5, 0.6) is 0 Å². The molecule has 1 aliphatic heterocycles. The molecular formula is C27H23N3O3. The molecule has 0 aliphatic carbocycles. The van der Waals surface area contributed by atoms with E-state index < -0.39 is 0 Å². The molecule has 2 aromatic carbocycles. The van der Waals surface area contributed by atoms with Crippen molar-refractivity contribution in [3.63, 3.8) is 0 Å². The molecule has 0 fully saturated rings. The average molecular weight is 437 g/mol. The largest absolute Gasteiger partial charge is 0.352 e. The molecule has 0 saturated heterocycles. The van der Waals surface area contributed by atoms with Crippen LogP contribution in [0.25, 0.3) is 17.2 Å². The number of hydrogen-bond acceptors (Lipinski definition) is 4. The Morgan fingerprint density at radius 2 is 1.45 bits per heavy atom. The second kappa shape index (κ2) is 10.3. The van der Waals surface area contributed by atoms with Crippen LogP contribution < -0.4 is 5.32 Å². The van der Waals surface area contributed by atoms with Gasteiger partial charge in [-0.25, -0.2) is 0 Å². The number of imide groups is 1. The van der Waals surface area contributed by atoms with Crippen molar-refractivity contribution >= 4 is 34.9 Å². The topological polar surface area (TPSA) is 79.4 Å². The molecule has 1 aromatic heterocycles. The van der Waals surface area contributed by atoms with Crippen molar-refractivity contribution in [3.05, 3.63) is 108 Å². The predicted molar refractivity (Wildman–Crippen MR) is 127 cm³/mol. The maximum absolute atomic E-state index is 13.2. The monoisotopic (exact) mass is 437 g/mol. The molecule has 164 valence electrons. The van der Waals surface area contributed by atoms with Crippen LogP contribution in [-0.2, 0) is 14.4 Å². The molecule has 1 N–H and O–H groups in total. The molecule has 2 heterocycles. The number of carbonyl (C=O) groups is 3. The van der Waals surface area contributed by atoms with Gasteiger partial charge in [-0.2, -0.15) is 0 Å². The first kappa shape index (κ1) is 21.9. The minimum Gasteiger partial charge on any atom is -0.352 e. The van der Waals surface area contributed by atoms with Crippen LogP contribution in [0.1, 0.15) is 23.1 Å². The summed E-state index contributed by atoms with van der Waals surface area (Å²) in [6.07, 6.45) is 6.90. The van der Waals surface area contributed by atoms with Crippen LogP contribution in [0.3, 0.4) is 0 Å². The summed E-state index contributed by atoms with van der Waals surface area (Å²) in [5.41, 5.74) is 3.08. The average Bonchev–Trinajstić information content (AvgIpc) is 3.11. The normalized spacial score (nSPS) is 13.8. The van der Waals surface area contributed by atoms with Crippen LogP contribution in [0, 0.1) is 0 Å². The third kappa shape index (κ3) is 5.13. The molecule has 0 atom stereocenters. The summed E-state index contributed by atoms with van der Waals surface area (Å²) in [6.45, 7) is 0.561. The Morgan fingerprint density at radius 1 is 0.848 bits per heavy atom. The van der Waals surface area contributed by atoms with Crippen LogP contribution in [-0.4, -0.2) is 40.7 Å². The Kier molecular flexibility index (Phi) is 6.85. The summed E-state index contributed by atoms with van der Waals surface area (Å²) in [5, 5.41) is 2.78. The molecule has 6 heteroatoms. The van der Waals surface area contributed by atoms with Gasteiger partial charge in [-0.1, -0.05) is 66.7 Å². The van der Waals surface area contributed by atoms with Crippen LogP contribution in [0.2, 0.25) is 0 Å². The van der Waals surface area contributed by atoms with Gasteiger partial charge >= 0.3 is 0 Å². The van der Waals surface area contributed by atoms with Gasteiger partial charge in [-0.3, -0.25) is 24.3 Å². The zero-order valence-electron chi connectivity index (χ0n) is 18.0. The molecule has 3 aromatic rings. The van der Waals surface area contributed by atoms with Crippen molar-refractivity contribution in [2.45, 2.75) is 6.42 Å². The zero-order chi connectivity index (χ0) is 23.0. The Morgan fingerprint density at radius 3 is 2.00 bits per heavy atom. The number of pyridine rings is 1. The first-order valence-corrected chi connectivity index (χ1v) is 10.7. The highest BCUT2D eigenvalue weighted by molar-refractivity contribution is 6.48. The highest BCUT2D eigenvalue weighted by Crippen LogP contribution is 2.35. The quantitative estimate of drug-likeness (QED) is 0.332. The molecule has 0 spiro atoms. The predicted octanol–water partition coefficient (Wildman–Crippen LogP) is 3.58. The van der Waals surface area contributed by atoms with Crippen molar-refractivity contribution in [1.82, 2.24) is 15.2 Å². The van der Waals surface area contributed by atoms with Gasteiger partial charge in [0.2, 0.25) is 5.91 Å². The Balaban J connectivity index is 1.41. The second-order valence-corrected chi connectivity index (χ2v) is 7.51. The molecule has 0 bridgehead atoms. The minimum absolute atomic E-state index is 0.219. The van der Waals surface area contributed by atoms with Gasteiger partial charge in [0.25, 0.3) is 11.8 Å². The van der Waals surface area contributed by atoms with Crippen LogP contribution >= 0.6 is 0 Å². The first-order valence-electron chi connectivity index (χ1n) is 10.7. The number of amides is 3. The third-order valence-electron chi connectivity index (χ3n) is 5.26. The van der Waals surface area contributed by atoms with E-state index in [1.807, 2.05) is 66.7 Å². The van der Waals surface area contributed by atoms with Crippen molar-refractivity contribution in [3.8, 4) is 0 Å². The van der Waals surface area contributed by atoms with E-state index >= 15 is 0 Å². The van der Waals surface area contributed by atoms with Gasteiger partial charge in [0.05, 0.1) is 11.1 Å². The van der Waals surface area contributed by atoms with Gasteiger partial charge in [-0.15, -0.1) is 0 Å². The molecule has 1 aliphatic rings. The summed E-state index contributed by atoms with van der Waals surface area (Å²) >= 11 is 0. The molecule has 33 heavy (non-hydrogen) atoms. The van der Waals surface area contributed by atoms with E-state index in [-0.39, 0.29) is 24.3 Å². The Bertz CT molecular complexity index is 1140. The number of benzene rings is 2. The lowest BCUT2D eigenvalue weighted by molar-refractivity contribution is -0.136. The van der Waals surface area contributed by atoms with Crippen molar-refractivity contribution in [2.24, 2.45) is 0 Å². The number of nitrogens with one attached hydrogen (secondary N) is 1. The molecule has 6 nitrogen and oxygen atoms in total. The summed E-state index contributed by atoms with van der Waals surface area (Å²) in [5.74, 6) is -0.869. The van der Waals surface area contributed by atoms with E-state index in [2.05, 4.69) is 10.3 Å². The van der Waals surface area contributed by atoms with Crippen molar-refractivity contribution < 1.29 is 14.4 Å². The summed E-state index contributed by atoms with van der Waals surface area (Å²) < 4.78 is 0. The Hall–Kier alpha value is -4.32. The Labute approximate surface area is 192 Å². The summed E-state index contributed by atoms with van der Waals surface area (Å²) in [4.78, 5) is 43.8. The third-order valence-corrected chi connectivity index (χ3v) is 5.26. The zero-order valence-corrected chi connectivity index (χ0v) is 18.0. The van der Waals surface area contributed by atoms with Gasteiger partial charge in [0, 0.05) is 31.6 Å². The number of hydrogen-bond donors (Lipinski definition) is 1. The fourth-order valence-corrected chi connectivity index (χ4v) is 3.68. The van der Waals surface area contributed by atoms with E-state index in [0.29, 0.717) is 35.2 Å². The number of aromatic nitrogens is 1. The molecule has 0 saturated carbocycles. The van der Waals surface area contributed by atoms with Gasteiger partial charge < -0.3 is 5.32 Å². The lowest BCUT2D eigenvalue weighted by Crippen LogP contribution is -2.34. The van der Waals surface area contributed by atoms with E-state index in [1.165, 1.54) is 11.0 Å². The number of nitrogens with zero attached hydrogens (tertiary/aromatic N) is 2. The van der Waals surface area contributed by atoms with Crippen LogP contribution in [0.4, 0.5) is 0 Å². The number of rotatable bonds is 8. The van der Waals surface area contributed by atoms with Gasteiger partial charge in [0.15, 0.2) is 0 Å². The van der Waals surface area contributed by atoms with Gasteiger partial charge in [0.1, 0.15) is 0 Å². The van der Waals surface area contributed by atoms with E-state index in [0.717, 1.165) is 5.56 Å². The summed E-state index contributed by atoms with van der Waals surface area (Å²) in [6, 6.07) is 22.1. The fourth-order valence-electron chi connectivity index (χ4n) is 3.68. The lowest BCUT2D eigenvalue weighted by Gasteiger charge is -2.15. The highest BCUT2D eigenvalue weighted by Gasteiger charge is 2.38. The van der Waals surface area contributed by atoms with Crippen molar-refractivity contribution in [1.29, 1.82) is 0 Å². The van der Waals surface area contributed by atoms with Gasteiger partial charge in [-0.05, 0) is 35.3 Å². The van der Waals surface area contributed by atoms with Crippen molar-refractivity contribution in [2.75, 3.05) is 13.1 Å². The first-order chi connectivity index (χ1) is 16.1. The molecular weight excluding hydrogens is 414 g/mol. The molecule has 4 rings (SSSR count). The van der Waals surface area contributed by atoms with E-state index in [1.54, 1.807) is 24.5 Å². The standard InChI is InChI=1S/C27H23N3O3/c31-23(15-14-20-9-7-16-28-19-20)29-17-8-18-30-26(32)24(21-10-3-1-4-11-21)25(27(30)33)22-12-5-2-6-13-22/h1-7,9-16,19H,8,17-18H2,(H,29,31)/b15-14-. The maximum Gasteiger partial charge on any atom is 0.262 e. The molecule has 0 radical (unpaired) electrons. The summed E-state index contributed by atoms with van der Waals surface area (Å²) in [7, 11) is 0. The molecule has 0 unspecified atom stereocenters.